The van der Waals surface area contributed by atoms with Crippen LogP contribution in [0.25, 0.3) is 0 Å². The van der Waals surface area contributed by atoms with E-state index in [0.29, 0.717) is 18.4 Å². The van der Waals surface area contributed by atoms with Gasteiger partial charge in [-0.3, -0.25) is 4.79 Å². The first kappa shape index (κ1) is 15.9. The molecule has 0 radical (unpaired) electrons. The van der Waals surface area contributed by atoms with E-state index < -0.39 is 0 Å². The zero-order valence-corrected chi connectivity index (χ0v) is 14.2. The number of carbonyl (C=O) groups is 1. The summed E-state index contributed by atoms with van der Waals surface area (Å²) in [6.45, 7) is 4.94. The third-order valence-electron chi connectivity index (χ3n) is 5.81. The molecule has 1 aromatic carbocycles. The highest BCUT2D eigenvalue weighted by Crippen LogP contribution is 2.46. The maximum absolute atomic E-state index is 12.5. The number of carbonyl (C=O) groups excluding carboxylic acids is 1. The van der Waals surface area contributed by atoms with Gasteiger partial charge in [0.15, 0.2) is 0 Å². The summed E-state index contributed by atoms with van der Waals surface area (Å²) < 4.78 is 0. The van der Waals surface area contributed by atoms with Gasteiger partial charge in [0.2, 0.25) is 5.91 Å². The van der Waals surface area contributed by atoms with E-state index in [0.717, 1.165) is 52.0 Å². The molecule has 5 nitrogen and oxygen atoms in total. The van der Waals surface area contributed by atoms with Gasteiger partial charge in [-0.15, -0.1) is 0 Å². The lowest BCUT2D eigenvalue weighted by atomic mass is 9.88. The van der Waals surface area contributed by atoms with E-state index in [1.165, 1.54) is 16.8 Å². The molecule has 1 aromatic rings. The highest BCUT2D eigenvalue weighted by Gasteiger charge is 2.43. The number of nitrogens with one attached hydrogen (secondary N) is 1. The summed E-state index contributed by atoms with van der Waals surface area (Å²) in [4.78, 5) is 17.1. The molecule has 1 fully saturated rings. The first-order valence-corrected chi connectivity index (χ1v) is 9.27. The number of aliphatic hydroxyl groups is 1. The van der Waals surface area contributed by atoms with Crippen molar-refractivity contribution in [2.75, 3.05) is 37.7 Å². The maximum atomic E-state index is 12.5. The molecule has 3 aliphatic rings. The van der Waals surface area contributed by atoms with Crippen LogP contribution in [0.15, 0.2) is 18.2 Å². The van der Waals surface area contributed by atoms with E-state index in [4.69, 9.17) is 5.11 Å². The average molecular weight is 329 g/mol. The largest absolute Gasteiger partial charge is 0.396 e. The SMILES string of the molecule is O=C(CCCCO)N1CC[C@@H]2[C@H](C1)c1cccc3c1N2CCNC3. The number of piperidine rings is 1. The van der Waals surface area contributed by atoms with Crippen molar-refractivity contribution in [2.24, 2.45) is 0 Å². The van der Waals surface area contributed by atoms with Gasteiger partial charge < -0.3 is 20.2 Å². The van der Waals surface area contributed by atoms with Crippen LogP contribution in [0, 0.1) is 0 Å². The van der Waals surface area contributed by atoms with E-state index in [2.05, 4.69) is 33.3 Å². The third kappa shape index (κ3) is 2.70. The molecule has 0 aromatic heterocycles. The summed E-state index contributed by atoms with van der Waals surface area (Å²) in [6, 6.07) is 7.22. The minimum atomic E-state index is 0.178. The predicted molar refractivity (Wildman–Crippen MR) is 94.2 cm³/mol. The molecule has 4 rings (SSSR count). The summed E-state index contributed by atoms with van der Waals surface area (Å²) >= 11 is 0. The number of likely N-dealkylation sites (tertiary alicyclic amines) is 1. The Morgan fingerprint density at radius 2 is 2.21 bits per heavy atom. The van der Waals surface area contributed by atoms with Gasteiger partial charge in [-0.25, -0.2) is 0 Å². The lowest BCUT2D eigenvalue weighted by Gasteiger charge is -2.39. The van der Waals surface area contributed by atoms with Crippen LogP contribution in [-0.2, 0) is 11.3 Å². The molecule has 0 unspecified atom stereocenters. The summed E-state index contributed by atoms with van der Waals surface area (Å²) in [5.74, 6) is 0.709. The van der Waals surface area contributed by atoms with Crippen LogP contribution >= 0.6 is 0 Å². The Hall–Kier alpha value is -1.59. The molecule has 0 spiro atoms. The van der Waals surface area contributed by atoms with Crippen molar-refractivity contribution in [3.05, 3.63) is 29.3 Å². The fourth-order valence-electron chi connectivity index (χ4n) is 4.66. The Morgan fingerprint density at radius 3 is 3.08 bits per heavy atom. The molecule has 0 aliphatic carbocycles. The molecule has 130 valence electrons. The molecule has 2 N–H and O–H groups in total. The summed E-state index contributed by atoms with van der Waals surface area (Å²) in [5.41, 5.74) is 4.28. The number of anilines is 1. The number of para-hydroxylation sites is 1. The van der Waals surface area contributed by atoms with E-state index in [1.807, 2.05) is 0 Å². The van der Waals surface area contributed by atoms with Crippen molar-refractivity contribution in [3.63, 3.8) is 0 Å². The predicted octanol–water partition coefficient (Wildman–Crippen LogP) is 1.46. The monoisotopic (exact) mass is 329 g/mol. The minimum Gasteiger partial charge on any atom is -0.396 e. The first-order valence-electron chi connectivity index (χ1n) is 9.27. The molecule has 1 saturated heterocycles. The summed E-state index contributed by atoms with van der Waals surface area (Å²) in [5, 5.41) is 12.4. The van der Waals surface area contributed by atoms with E-state index >= 15 is 0 Å². The lowest BCUT2D eigenvalue weighted by molar-refractivity contribution is -0.132. The molecule has 0 bridgehead atoms. The molecule has 24 heavy (non-hydrogen) atoms. The van der Waals surface area contributed by atoms with Gasteiger partial charge in [0, 0.05) is 63.4 Å². The van der Waals surface area contributed by atoms with Gasteiger partial charge in [-0.1, -0.05) is 18.2 Å². The van der Waals surface area contributed by atoms with Crippen molar-refractivity contribution in [1.29, 1.82) is 0 Å². The molecule has 0 saturated carbocycles. The fraction of sp³-hybridized carbons (Fsp3) is 0.632. The van der Waals surface area contributed by atoms with Crippen molar-refractivity contribution in [2.45, 2.75) is 44.2 Å². The van der Waals surface area contributed by atoms with Gasteiger partial charge in [-0.05, 0) is 30.4 Å². The van der Waals surface area contributed by atoms with E-state index in [-0.39, 0.29) is 12.5 Å². The minimum absolute atomic E-state index is 0.178. The van der Waals surface area contributed by atoms with Crippen LogP contribution < -0.4 is 10.2 Å². The van der Waals surface area contributed by atoms with Crippen LogP contribution in [-0.4, -0.2) is 54.7 Å². The molecule has 5 heteroatoms. The van der Waals surface area contributed by atoms with Crippen LogP contribution in [0.2, 0.25) is 0 Å². The smallest absolute Gasteiger partial charge is 0.222 e. The van der Waals surface area contributed by atoms with Gasteiger partial charge >= 0.3 is 0 Å². The zero-order valence-electron chi connectivity index (χ0n) is 14.2. The average Bonchev–Trinajstić information content (AvgIpc) is 2.77. The molecular weight excluding hydrogens is 302 g/mol. The standard InChI is InChI=1S/C19H27N3O2/c23-11-2-1-6-18(24)21-9-7-17-16(13-21)15-5-3-4-14-12-20-8-10-22(17)19(14)15/h3-5,16-17,20,23H,1-2,6-13H2/t16-,17-/m1/s1. The van der Waals surface area contributed by atoms with Crippen LogP contribution in [0.1, 0.15) is 42.7 Å². The van der Waals surface area contributed by atoms with Gasteiger partial charge in [0.1, 0.15) is 0 Å². The Labute approximate surface area is 143 Å². The first-order chi connectivity index (χ1) is 11.8. The summed E-state index contributed by atoms with van der Waals surface area (Å²) in [6.07, 6.45) is 3.14. The Bertz CT molecular complexity index is 619. The number of hydrogen-bond donors (Lipinski definition) is 2. The summed E-state index contributed by atoms with van der Waals surface area (Å²) in [7, 11) is 0. The van der Waals surface area contributed by atoms with Crippen LogP contribution in [0.4, 0.5) is 5.69 Å². The second kappa shape index (κ2) is 6.73. The Morgan fingerprint density at radius 1 is 1.29 bits per heavy atom. The number of benzene rings is 1. The maximum Gasteiger partial charge on any atom is 0.222 e. The van der Waals surface area contributed by atoms with E-state index in [9.17, 15) is 4.79 Å². The number of aliphatic hydroxyl groups excluding tert-OH is 1. The molecule has 1 amide bonds. The molecular formula is C19H27N3O2. The quantitative estimate of drug-likeness (QED) is 0.821. The van der Waals surface area contributed by atoms with Crippen molar-refractivity contribution < 1.29 is 9.90 Å². The second-order valence-corrected chi connectivity index (χ2v) is 7.21. The molecule has 3 aliphatic heterocycles. The highest BCUT2D eigenvalue weighted by molar-refractivity contribution is 5.77. The number of amides is 1. The fourth-order valence-corrected chi connectivity index (χ4v) is 4.66. The topological polar surface area (TPSA) is 55.8 Å². The number of hydrogen-bond acceptors (Lipinski definition) is 4. The lowest BCUT2D eigenvalue weighted by Crippen LogP contribution is -2.49. The third-order valence-corrected chi connectivity index (χ3v) is 5.81. The van der Waals surface area contributed by atoms with E-state index in [1.54, 1.807) is 0 Å². The Balaban J connectivity index is 1.54. The number of rotatable bonds is 4. The van der Waals surface area contributed by atoms with Crippen molar-refractivity contribution in [1.82, 2.24) is 10.2 Å². The zero-order chi connectivity index (χ0) is 16.5. The number of fused-ring (bicyclic) bond motifs is 3. The van der Waals surface area contributed by atoms with Crippen LogP contribution in [0.5, 0.6) is 0 Å². The van der Waals surface area contributed by atoms with Crippen LogP contribution in [0.3, 0.4) is 0 Å². The number of unbranched alkanes of at least 4 members (excludes halogenated alkanes) is 1. The van der Waals surface area contributed by atoms with Gasteiger partial charge in [-0.2, -0.15) is 0 Å². The Kier molecular flexibility index (Phi) is 4.46. The normalized spacial score (nSPS) is 25.2. The number of nitrogens with zero attached hydrogens (tertiary/aromatic N) is 2. The second-order valence-electron chi connectivity index (χ2n) is 7.21. The molecule has 3 heterocycles. The van der Waals surface area contributed by atoms with Gasteiger partial charge in [0.05, 0.1) is 0 Å². The molecule has 2 atom stereocenters. The van der Waals surface area contributed by atoms with Gasteiger partial charge in [0.25, 0.3) is 0 Å². The highest BCUT2D eigenvalue weighted by atomic mass is 16.3. The van der Waals surface area contributed by atoms with Crippen molar-refractivity contribution in [3.8, 4) is 0 Å². The van der Waals surface area contributed by atoms with Crippen molar-refractivity contribution >= 4 is 11.6 Å².